The van der Waals surface area contributed by atoms with E-state index in [1.54, 1.807) is 24.5 Å². The van der Waals surface area contributed by atoms with Gasteiger partial charge in [0.25, 0.3) is 5.91 Å². The fraction of sp³-hybridized carbons (Fsp3) is 0.379. The number of nitrogens with zero attached hydrogens (tertiary/aromatic N) is 3. The average molecular weight is 455 g/mol. The molecule has 1 saturated heterocycles. The summed E-state index contributed by atoms with van der Waals surface area (Å²) in [5, 5.41) is 3.10. The van der Waals surface area contributed by atoms with E-state index < -0.39 is 0 Å². The Kier molecular flexibility index (Phi) is 6.63. The first-order valence-corrected chi connectivity index (χ1v) is 12.5. The molecule has 5 nitrogen and oxygen atoms in total. The van der Waals surface area contributed by atoms with Crippen molar-refractivity contribution in [3.8, 4) is 0 Å². The molecule has 5 heteroatoms. The monoisotopic (exact) mass is 454 g/mol. The number of hydrogen-bond donors (Lipinski definition) is 1. The normalized spacial score (nSPS) is 23.4. The summed E-state index contributed by atoms with van der Waals surface area (Å²) in [5.74, 6) is 0.677. The summed E-state index contributed by atoms with van der Waals surface area (Å²) in [6.45, 7) is 6.57. The second kappa shape index (κ2) is 9.98. The van der Waals surface area contributed by atoms with E-state index in [1.165, 1.54) is 36.9 Å². The molecule has 3 aromatic rings. The molecule has 0 radical (unpaired) electrons. The van der Waals surface area contributed by atoms with Crippen LogP contribution in [-0.4, -0.2) is 42.0 Å². The van der Waals surface area contributed by atoms with Crippen LogP contribution in [0.1, 0.15) is 48.5 Å². The van der Waals surface area contributed by atoms with Gasteiger partial charge in [-0.3, -0.25) is 14.7 Å². The Morgan fingerprint density at radius 2 is 1.62 bits per heavy atom. The van der Waals surface area contributed by atoms with Gasteiger partial charge in [-0.25, -0.2) is 0 Å². The van der Waals surface area contributed by atoms with Gasteiger partial charge in [0.05, 0.1) is 0 Å². The Hall–Kier alpha value is -3.18. The largest absolute Gasteiger partial charge is 0.369 e. The van der Waals surface area contributed by atoms with Crippen LogP contribution < -0.4 is 10.2 Å². The van der Waals surface area contributed by atoms with Crippen molar-refractivity contribution in [2.24, 2.45) is 5.92 Å². The number of pyridine rings is 1. The molecule has 1 N–H and O–H groups in total. The Morgan fingerprint density at radius 1 is 0.912 bits per heavy atom. The van der Waals surface area contributed by atoms with Gasteiger partial charge in [-0.1, -0.05) is 37.3 Å². The van der Waals surface area contributed by atoms with E-state index in [-0.39, 0.29) is 11.4 Å². The van der Waals surface area contributed by atoms with Crippen molar-refractivity contribution < 1.29 is 4.79 Å². The molecule has 1 amide bonds. The zero-order valence-electron chi connectivity index (χ0n) is 20.0. The summed E-state index contributed by atoms with van der Waals surface area (Å²) in [7, 11) is 0. The van der Waals surface area contributed by atoms with E-state index in [0.29, 0.717) is 5.56 Å². The highest BCUT2D eigenvalue weighted by Gasteiger charge is 2.42. The third-order valence-electron chi connectivity index (χ3n) is 7.71. The molecule has 1 aliphatic heterocycles. The molecular formula is C29H34N4O. The minimum atomic E-state index is -0.0951. The van der Waals surface area contributed by atoms with Gasteiger partial charge < -0.3 is 10.2 Å². The lowest BCUT2D eigenvalue weighted by Crippen LogP contribution is -2.56. The van der Waals surface area contributed by atoms with Crippen molar-refractivity contribution in [2.45, 2.75) is 38.1 Å². The second-order valence-corrected chi connectivity index (χ2v) is 9.79. The second-order valence-electron chi connectivity index (χ2n) is 9.79. The van der Waals surface area contributed by atoms with Gasteiger partial charge in [0, 0.05) is 61.0 Å². The molecule has 1 saturated carbocycles. The first kappa shape index (κ1) is 22.6. The zero-order valence-corrected chi connectivity index (χ0v) is 20.0. The minimum absolute atomic E-state index is 0.0344. The number of benzene rings is 2. The Balaban J connectivity index is 1.37. The Labute approximate surface area is 202 Å². The topological polar surface area (TPSA) is 48.5 Å². The molecule has 0 atom stereocenters. The molecule has 2 aliphatic rings. The summed E-state index contributed by atoms with van der Waals surface area (Å²) in [6.07, 6.45) is 8.12. The average Bonchev–Trinajstić information content (AvgIpc) is 2.91. The molecular weight excluding hydrogens is 420 g/mol. The first-order chi connectivity index (χ1) is 16.6. The molecule has 2 heterocycles. The molecule has 5 rings (SSSR count). The predicted molar refractivity (Wildman–Crippen MR) is 138 cm³/mol. The van der Waals surface area contributed by atoms with E-state index >= 15 is 0 Å². The van der Waals surface area contributed by atoms with Crippen molar-refractivity contribution >= 4 is 17.3 Å². The number of nitrogens with one attached hydrogen (secondary N) is 1. The summed E-state index contributed by atoms with van der Waals surface area (Å²) in [5.41, 5.74) is 4.17. The van der Waals surface area contributed by atoms with E-state index in [1.807, 2.05) is 6.07 Å². The van der Waals surface area contributed by atoms with E-state index in [0.717, 1.165) is 37.8 Å². The van der Waals surface area contributed by atoms with Gasteiger partial charge in [-0.2, -0.15) is 0 Å². The highest BCUT2D eigenvalue weighted by molar-refractivity contribution is 6.04. The number of aromatic nitrogens is 1. The Morgan fingerprint density at radius 3 is 2.32 bits per heavy atom. The van der Waals surface area contributed by atoms with Gasteiger partial charge in [0.1, 0.15) is 0 Å². The molecule has 2 fully saturated rings. The Bertz CT molecular complexity index is 1090. The number of rotatable bonds is 5. The standard InChI is InChI=1S/C29H34N4O/c1-23-10-14-29(15-11-23,33-20-18-32(19-21-33)27-8-3-2-4-9-27)25-6-5-7-26(22-25)31-28(34)24-12-16-30-17-13-24/h2-9,12-13,16-17,22-23H,10-11,14-15,18-21H2,1H3,(H,31,34). The first-order valence-electron chi connectivity index (χ1n) is 12.5. The van der Waals surface area contributed by atoms with Crippen molar-refractivity contribution in [1.29, 1.82) is 0 Å². The quantitative estimate of drug-likeness (QED) is 0.548. The van der Waals surface area contributed by atoms with Crippen molar-refractivity contribution in [3.63, 3.8) is 0 Å². The van der Waals surface area contributed by atoms with Gasteiger partial charge in [0.2, 0.25) is 0 Å². The lowest BCUT2D eigenvalue weighted by Gasteiger charge is -2.51. The van der Waals surface area contributed by atoms with Crippen molar-refractivity contribution in [2.75, 3.05) is 36.4 Å². The third-order valence-corrected chi connectivity index (χ3v) is 7.71. The molecule has 0 bridgehead atoms. The van der Waals surface area contributed by atoms with Gasteiger partial charge in [-0.15, -0.1) is 0 Å². The third kappa shape index (κ3) is 4.71. The van der Waals surface area contributed by atoms with Gasteiger partial charge in [-0.05, 0) is 73.6 Å². The maximum absolute atomic E-state index is 12.7. The van der Waals surface area contributed by atoms with Crippen LogP contribution in [0.4, 0.5) is 11.4 Å². The van der Waals surface area contributed by atoms with Crippen LogP contribution in [0, 0.1) is 5.92 Å². The lowest BCUT2D eigenvalue weighted by atomic mass is 9.71. The van der Waals surface area contributed by atoms with Gasteiger partial charge in [0.15, 0.2) is 0 Å². The summed E-state index contributed by atoms with van der Waals surface area (Å²) >= 11 is 0. The fourth-order valence-electron chi connectivity index (χ4n) is 5.65. The van der Waals surface area contributed by atoms with Crippen LogP contribution in [0.15, 0.2) is 79.1 Å². The smallest absolute Gasteiger partial charge is 0.255 e. The van der Waals surface area contributed by atoms with Crippen molar-refractivity contribution in [3.05, 3.63) is 90.3 Å². The SMILES string of the molecule is CC1CCC(c2cccc(NC(=O)c3ccncc3)c2)(N2CCN(c3ccccc3)CC2)CC1. The van der Waals surface area contributed by atoms with Gasteiger partial charge >= 0.3 is 0 Å². The number of para-hydroxylation sites is 1. The summed E-state index contributed by atoms with van der Waals surface area (Å²) in [4.78, 5) is 22.0. The number of carbonyl (C=O) groups excluding carboxylic acids is 1. The highest BCUT2D eigenvalue weighted by atomic mass is 16.1. The van der Waals surface area contributed by atoms with Crippen LogP contribution in [0.5, 0.6) is 0 Å². The fourth-order valence-corrected chi connectivity index (χ4v) is 5.65. The van der Waals surface area contributed by atoms with Crippen LogP contribution in [0.2, 0.25) is 0 Å². The lowest BCUT2D eigenvalue weighted by molar-refractivity contribution is 0.0299. The van der Waals surface area contributed by atoms with Crippen LogP contribution >= 0.6 is 0 Å². The van der Waals surface area contributed by atoms with Crippen LogP contribution in [0.25, 0.3) is 0 Å². The number of piperazine rings is 1. The van der Waals surface area contributed by atoms with E-state index in [2.05, 4.69) is 75.6 Å². The summed E-state index contributed by atoms with van der Waals surface area (Å²) < 4.78 is 0. The van der Waals surface area contributed by atoms with Crippen LogP contribution in [0.3, 0.4) is 0 Å². The van der Waals surface area contributed by atoms with E-state index in [4.69, 9.17) is 0 Å². The maximum atomic E-state index is 12.7. The molecule has 0 unspecified atom stereocenters. The molecule has 1 aromatic heterocycles. The van der Waals surface area contributed by atoms with Crippen molar-refractivity contribution in [1.82, 2.24) is 9.88 Å². The number of anilines is 2. The number of carbonyl (C=O) groups is 1. The molecule has 1 aliphatic carbocycles. The number of amides is 1. The van der Waals surface area contributed by atoms with Crippen LogP contribution in [-0.2, 0) is 5.54 Å². The molecule has 34 heavy (non-hydrogen) atoms. The van der Waals surface area contributed by atoms with E-state index in [9.17, 15) is 4.79 Å². The zero-order chi connectivity index (χ0) is 23.4. The highest BCUT2D eigenvalue weighted by Crippen LogP contribution is 2.45. The number of hydrogen-bond acceptors (Lipinski definition) is 4. The minimum Gasteiger partial charge on any atom is -0.369 e. The molecule has 2 aromatic carbocycles. The molecule has 176 valence electrons. The predicted octanol–water partition coefficient (Wildman–Crippen LogP) is 5.56. The molecule has 0 spiro atoms. The maximum Gasteiger partial charge on any atom is 0.255 e. The summed E-state index contributed by atoms with van der Waals surface area (Å²) in [6, 6.07) is 22.8.